The molecule has 0 radical (unpaired) electrons. The summed E-state index contributed by atoms with van der Waals surface area (Å²) in [7, 11) is 0. The van der Waals surface area contributed by atoms with E-state index in [4.69, 9.17) is 37.9 Å². The molecule has 2 aromatic rings. The summed E-state index contributed by atoms with van der Waals surface area (Å²) in [6.07, 6.45) is 6.62. The average Bonchev–Trinajstić information content (AvgIpc) is 3.02. The van der Waals surface area contributed by atoms with Crippen molar-refractivity contribution in [3.63, 3.8) is 0 Å². The largest absolute Gasteiger partial charge is 0.487 e. The zero-order chi connectivity index (χ0) is 30.7. The monoisotopic (exact) mass is 614 g/mol. The van der Waals surface area contributed by atoms with Crippen molar-refractivity contribution in [1.82, 2.24) is 0 Å². The van der Waals surface area contributed by atoms with Gasteiger partial charge in [-0.1, -0.05) is 25.7 Å². The number of carbonyl (C=O) groups is 2. The topological polar surface area (TPSA) is 108 Å². The van der Waals surface area contributed by atoms with Crippen LogP contribution >= 0.6 is 0 Å². The Hall–Kier alpha value is -3.18. The highest BCUT2D eigenvalue weighted by Gasteiger charge is 2.14. The second kappa shape index (κ2) is 20.0. The zero-order valence-electron chi connectivity index (χ0n) is 25.7. The smallest absolute Gasteiger partial charge is 0.163 e. The van der Waals surface area contributed by atoms with E-state index in [1.54, 1.807) is 36.4 Å². The minimum absolute atomic E-state index is 0.0940. The normalized spacial score (nSPS) is 16.8. The number of benzene rings is 2. The molecule has 10 heteroatoms. The number of hydrogen-bond donors (Lipinski definition) is 0. The van der Waals surface area contributed by atoms with Crippen LogP contribution in [0, 0.1) is 0 Å². The molecule has 2 aromatic carbocycles. The van der Waals surface area contributed by atoms with E-state index in [1.807, 2.05) is 0 Å². The van der Waals surface area contributed by atoms with Gasteiger partial charge in [-0.2, -0.15) is 0 Å². The summed E-state index contributed by atoms with van der Waals surface area (Å²) in [5.41, 5.74) is 1.25. The molecule has 2 heterocycles. The van der Waals surface area contributed by atoms with Crippen LogP contribution in [-0.2, 0) is 18.9 Å². The molecular formula is C34H46O10. The second-order valence-electron chi connectivity index (χ2n) is 10.6. The summed E-state index contributed by atoms with van der Waals surface area (Å²) in [6, 6.07) is 10.7. The maximum absolute atomic E-state index is 12.8. The standard InChI is InChI=1S/C34H46O10/c35-29(27-9-11-31-33(25-27)43-23-19-39-15-13-37-17-21-41-31)7-5-3-1-2-4-6-8-30(36)28-10-12-32-34(26-28)44-24-20-40-16-14-38-18-22-42-32/h9-12,25-26H,1-8,13-24H2. The summed E-state index contributed by atoms with van der Waals surface area (Å²) in [5, 5.41) is 0. The molecule has 0 spiro atoms. The van der Waals surface area contributed by atoms with Crippen molar-refractivity contribution in [2.45, 2.75) is 51.4 Å². The Morgan fingerprint density at radius 1 is 0.409 bits per heavy atom. The zero-order valence-corrected chi connectivity index (χ0v) is 25.7. The number of hydrogen-bond acceptors (Lipinski definition) is 10. The molecule has 2 aliphatic heterocycles. The number of fused-ring (bicyclic) bond motifs is 2. The first-order valence-electron chi connectivity index (χ1n) is 15.9. The molecule has 0 bridgehead atoms. The van der Waals surface area contributed by atoms with Crippen LogP contribution < -0.4 is 18.9 Å². The van der Waals surface area contributed by atoms with E-state index < -0.39 is 0 Å². The van der Waals surface area contributed by atoms with Gasteiger partial charge in [0.05, 0.1) is 52.9 Å². The lowest BCUT2D eigenvalue weighted by Crippen LogP contribution is -2.16. The van der Waals surface area contributed by atoms with Crippen LogP contribution in [0.2, 0.25) is 0 Å². The van der Waals surface area contributed by atoms with E-state index in [-0.39, 0.29) is 11.6 Å². The molecule has 10 nitrogen and oxygen atoms in total. The van der Waals surface area contributed by atoms with Crippen LogP contribution in [0.1, 0.15) is 72.1 Å². The molecule has 0 saturated heterocycles. The minimum atomic E-state index is 0.0940. The van der Waals surface area contributed by atoms with Crippen molar-refractivity contribution in [2.75, 3.05) is 79.3 Å². The van der Waals surface area contributed by atoms with Crippen LogP contribution in [0.5, 0.6) is 23.0 Å². The number of unbranched alkanes of at least 4 members (excludes halogenated alkanes) is 5. The second-order valence-corrected chi connectivity index (χ2v) is 10.6. The van der Waals surface area contributed by atoms with Crippen LogP contribution in [0.4, 0.5) is 0 Å². The van der Waals surface area contributed by atoms with Gasteiger partial charge in [0.15, 0.2) is 34.6 Å². The molecular weight excluding hydrogens is 568 g/mol. The van der Waals surface area contributed by atoms with Gasteiger partial charge in [0, 0.05) is 24.0 Å². The van der Waals surface area contributed by atoms with Gasteiger partial charge in [-0.25, -0.2) is 0 Å². The third kappa shape index (κ3) is 12.1. The van der Waals surface area contributed by atoms with Gasteiger partial charge in [-0.15, -0.1) is 0 Å². The van der Waals surface area contributed by atoms with E-state index in [0.717, 1.165) is 38.5 Å². The molecule has 0 N–H and O–H groups in total. The lowest BCUT2D eigenvalue weighted by atomic mass is 10.0. The lowest BCUT2D eigenvalue weighted by molar-refractivity contribution is 0.0223. The number of rotatable bonds is 11. The maximum atomic E-state index is 12.8. The van der Waals surface area contributed by atoms with Crippen molar-refractivity contribution in [2.24, 2.45) is 0 Å². The Bertz CT molecular complexity index is 1060. The molecule has 44 heavy (non-hydrogen) atoms. The molecule has 0 fully saturated rings. The third-order valence-electron chi connectivity index (χ3n) is 7.27. The summed E-state index contributed by atoms with van der Waals surface area (Å²) in [4.78, 5) is 25.7. The molecule has 0 aliphatic carbocycles. The predicted octanol–water partition coefficient (Wildman–Crippen LogP) is 5.48. The van der Waals surface area contributed by atoms with Crippen LogP contribution in [0.25, 0.3) is 0 Å². The van der Waals surface area contributed by atoms with E-state index in [1.165, 1.54) is 0 Å². The Morgan fingerprint density at radius 2 is 0.727 bits per heavy atom. The van der Waals surface area contributed by atoms with E-state index in [0.29, 0.717) is 126 Å². The number of carbonyl (C=O) groups excluding carboxylic acids is 2. The SMILES string of the molecule is O=C(CCCCCCCCC(=O)c1ccc2c(c1)OCCOCCOCCO2)c1ccc2c(c1)OCCOCCOCCO2. The Morgan fingerprint density at radius 3 is 1.11 bits per heavy atom. The van der Waals surface area contributed by atoms with Crippen molar-refractivity contribution < 1.29 is 47.5 Å². The fraction of sp³-hybridized carbons (Fsp3) is 0.588. The maximum Gasteiger partial charge on any atom is 0.163 e. The van der Waals surface area contributed by atoms with Gasteiger partial charge < -0.3 is 37.9 Å². The molecule has 0 aromatic heterocycles. The molecule has 0 unspecified atom stereocenters. The number of ketones is 2. The fourth-order valence-corrected chi connectivity index (χ4v) is 4.88. The third-order valence-corrected chi connectivity index (χ3v) is 7.27. The Kier molecular flexibility index (Phi) is 15.3. The highest BCUT2D eigenvalue weighted by atomic mass is 16.6. The van der Waals surface area contributed by atoms with E-state index in [9.17, 15) is 9.59 Å². The van der Waals surface area contributed by atoms with Crippen LogP contribution in [-0.4, -0.2) is 90.8 Å². The molecule has 4 rings (SSSR count). The number of ether oxygens (including phenoxy) is 8. The van der Waals surface area contributed by atoms with Gasteiger partial charge >= 0.3 is 0 Å². The molecule has 2 aliphatic rings. The van der Waals surface area contributed by atoms with E-state index in [2.05, 4.69) is 0 Å². The van der Waals surface area contributed by atoms with Gasteiger partial charge in [-0.05, 0) is 49.2 Å². The van der Waals surface area contributed by atoms with Gasteiger partial charge in [-0.3, -0.25) is 9.59 Å². The molecule has 242 valence electrons. The summed E-state index contributed by atoms with van der Waals surface area (Å²) < 4.78 is 45.1. The Balaban J connectivity index is 1.12. The van der Waals surface area contributed by atoms with Gasteiger partial charge in [0.2, 0.25) is 0 Å². The van der Waals surface area contributed by atoms with Crippen molar-refractivity contribution in [1.29, 1.82) is 0 Å². The molecule has 0 saturated carbocycles. The van der Waals surface area contributed by atoms with Gasteiger partial charge in [0.1, 0.15) is 26.4 Å². The molecule has 0 amide bonds. The van der Waals surface area contributed by atoms with Crippen LogP contribution in [0.15, 0.2) is 36.4 Å². The van der Waals surface area contributed by atoms with Crippen molar-refractivity contribution >= 4 is 11.6 Å². The quantitative estimate of drug-likeness (QED) is 0.238. The first-order valence-corrected chi connectivity index (χ1v) is 15.9. The lowest BCUT2D eigenvalue weighted by Gasteiger charge is -2.16. The van der Waals surface area contributed by atoms with Crippen molar-refractivity contribution in [3.8, 4) is 23.0 Å². The highest BCUT2D eigenvalue weighted by Crippen LogP contribution is 2.30. The fourth-order valence-electron chi connectivity index (χ4n) is 4.88. The summed E-state index contributed by atoms with van der Waals surface area (Å²) in [6.45, 7) is 5.47. The minimum Gasteiger partial charge on any atom is -0.487 e. The number of Topliss-reactive ketones (excluding diaryl/α,β-unsaturated/α-hetero) is 2. The predicted molar refractivity (Wildman–Crippen MR) is 164 cm³/mol. The highest BCUT2D eigenvalue weighted by molar-refractivity contribution is 5.97. The first kappa shape index (κ1) is 33.7. The average molecular weight is 615 g/mol. The summed E-state index contributed by atoms with van der Waals surface area (Å²) >= 11 is 0. The van der Waals surface area contributed by atoms with Gasteiger partial charge in [0.25, 0.3) is 0 Å². The van der Waals surface area contributed by atoms with Crippen molar-refractivity contribution in [3.05, 3.63) is 47.5 Å². The molecule has 0 atom stereocenters. The van der Waals surface area contributed by atoms with E-state index >= 15 is 0 Å². The van der Waals surface area contributed by atoms with Crippen LogP contribution in [0.3, 0.4) is 0 Å². The Labute approximate surface area is 260 Å². The summed E-state index contributed by atoms with van der Waals surface area (Å²) in [5.74, 6) is 2.50. The first-order chi connectivity index (χ1) is 21.7.